The predicted octanol–water partition coefficient (Wildman–Crippen LogP) is 2.89. The number of fused-ring (bicyclic) bond motifs is 2. The number of hydrogen-bond donors (Lipinski definition) is 3. The molecule has 31 heavy (non-hydrogen) atoms. The lowest BCUT2D eigenvalue weighted by molar-refractivity contribution is -0.121. The number of imidazole rings is 1. The fourth-order valence-electron chi connectivity index (χ4n) is 4.39. The molecule has 1 aliphatic rings. The minimum absolute atomic E-state index is 0.0343. The molecule has 0 aliphatic heterocycles. The van der Waals surface area contributed by atoms with Crippen LogP contribution in [0.5, 0.6) is 5.88 Å². The van der Waals surface area contributed by atoms with Crippen molar-refractivity contribution in [2.75, 3.05) is 12.4 Å². The van der Waals surface area contributed by atoms with Crippen molar-refractivity contribution in [1.29, 1.82) is 0 Å². The second-order valence-corrected chi connectivity index (χ2v) is 8.20. The molecule has 0 atom stereocenters. The van der Waals surface area contributed by atoms with Crippen LogP contribution in [0.2, 0.25) is 0 Å². The third-order valence-electron chi connectivity index (χ3n) is 5.67. The Hall–Kier alpha value is -3.69. The minimum atomic E-state index is -0.432. The average Bonchev–Trinajstić information content (AvgIpc) is 3.29. The van der Waals surface area contributed by atoms with Crippen molar-refractivity contribution >= 4 is 28.5 Å². The molecule has 10 heteroatoms. The number of methoxy groups -OCH3 is 1. The number of amides is 1. The van der Waals surface area contributed by atoms with Gasteiger partial charge in [0.05, 0.1) is 18.7 Å². The Labute approximate surface area is 177 Å². The molecule has 0 unspecified atom stereocenters. The highest BCUT2D eigenvalue weighted by Gasteiger charge is 2.41. The van der Waals surface area contributed by atoms with Gasteiger partial charge < -0.3 is 20.4 Å². The maximum atomic E-state index is 14.0. The molecule has 4 aromatic rings. The monoisotopic (exact) mass is 423 g/mol. The third-order valence-corrected chi connectivity index (χ3v) is 5.67. The molecule has 3 N–H and O–H groups in total. The Kier molecular flexibility index (Phi) is 4.31. The summed E-state index contributed by atoms with van der Waals surface area (Å²) in [6.07, 6.45) is 6.24. The summed E-state index contributed by atoms with van der Waals surface area (Å²) in [5, 5.41) is 7.00. The smallest absolute Gasteiger partial charge is 0.228 e. The van der Waals surface area contributed by atoms with Crippen molar-refractivity contribution in [2.24, 2.45) is 0 Å². The fourth-order valence-corrected chi connectivity index (χ4v) is 4.39. The van der Waals surface area contributed by atoms with Gasteiger partial charge in [0.1, 0.15) is 11.3 Å². The van der Waals surface area contributed by atoms with Crippen LogP contribution in [0.3, 0.4) is 0 Å². The molecule has 9 nitrogen and oxygen atoms in total. The van der Waals surface area contributed by atoms with Gasteiger partial charge in [0, 0.05) is 42.0 Å². The Morgan fingerprint density at radius 2 is 2.16 bits per heavy atom. The van der Waals surface area contributed by atoms with Crippen LogP contribution in [0.25, 0.3) is 27.8 Å². The van der Waals surface area contributed by atoms with Crippen molar-refractivity contribution in [3.05, 3.63) is 36.7 Å². The summed E-state index contributed by atoms with van der Waals surface area (Å²) in [7, 11) is 1.55. The van der Waals surface area contributed by atoms with E-state index in [4.69, 9.17) is 4.74 Å². The molecular weight excluding hydrogens is 401 g/mol. The van der Waals surface area contributed by atoms with E-state index in [1.165, 1.54) is 17.5 Å². The van der Waals surface area contributed by atoms with E-state index in [1.807, 2.05) is 13.0 Å². The molecule has 0 saturated heterocycles. The van der Waals surface area contributed by atoms with Gasteiger partial charge in [-0.1, -0.05) is 0 Å². The van der Waals surface area contributed by atoms with Gasteiger partial charge in [0.15, 0.2) is 0 Å². The van der Waals surface area contributed by atoms with Crippen LogP contribution in [0.15, 0.2) is 30.7 Å². The minimum Gasteiger partial charge on any atom is -0.480 e. The fraction of sp³-hybridized carbons (Fsp3) is 0.333. The normalized spacial score (nSPS) is 20.6. The van der Waals surface area contributed by atoms with Crippen LogP contribution in [0, 0.1) is 5.95 Å². The summed E-state index contributed by atoms with van der Waals surface area (Å²) in [5.41, 5.74) is 2.51. The second kappa shape index (κ2) is 6.93. The van der Waals surface area contributed by atoms with Crippen molar-refractivity contribution in [1.82, 2.24) is 29.7 Å². The number of carbonyl (C=O) groups is 1. The van der Waals surface area contributed by atoms with Crippen molar-refractivity contribution in [3.63, 3.8) is 0 Å². The van der Waals surface area contributed by atoms with Gasteiger partial charge >= 0.3 is 0 Å². The number of nitrogens with zero attached hydrogens (tertiary/aromatic N) is 4. The third kappa shape index (κ3) is 3.33. The highest BCUT2D eigenvalue weighted by molar-refractivity contribution is 5.97. The van der Waals surface area contributed by atoms with E-state index in [9.17, 15) is 9.18 Å². The molecule has 5 rings (SSSR count). The number of hydrogen-bond acceptors (Lipinski definition) is 6. The SMILES string of the molecule is COc1nc(N[C@H]2C[C@](C)(NC(C)=O)C2)nc2[nH]cc(-c3ccc4ncc(F)n4c3)c12. The lowest BCUT2D eigenvalue weighted by Crippen LogP contribution is -2.59. The quantitative estimate of drug-likeness (QED) is 0.455. The zero-order valence-corrected chi connectivity index (χ0v) is 17.4. The number of H-pyrrole nitrogens is 1. The van der Waals surface area contributed by atoms with Crippen LogP contribution in [-0.2, 0) is 4.79 Å². The molecule has 1 amide bonds. The van der Waals surface area contributed by atoms with Crippen molar-refractivity contribution < 1.29 is 13.9 Å². The second-order valence-electron chi connectivity index (χ2n) is 8.20. The molecule has 160 valence electrons. The lowest BCUT2D eigenvalue weighted by Gasteiger charge is -2.45. The standard InChI is InChI=1S/C21H22FN7O2/c1-11(30)28-21(2)6-13(7-21)25-20-26-18-17(19(27-20)31-3)14(8-24-18)12-4-5-16-23-9-15(22)29(16)10-12/h4-5,8-10,13H,6-7H2,1-3H3,(H,28,30)(H2,24,25,26,27)/t13-,21-. The first-order valence-corrected chi connectivity index (χ1v) is 9.96. The maximum Gasteiger partial charge on any atom is 0.228 e. The number of carbonyl (C=O) groups excluding carboxylic acids is 1. The van der Waals surface area contributed by atoms with E-state index >= 15 is 0 Å². The Balaban J connectivity index is 1.45. The highest BCUT2D eigenvalue weighted by atomic mass is 19.1. The van der Waals surface area contributed by atoms with Crippen molar-refractivity contribution in [3.8, 4) is 17.0 Å². The molecular formula is C21H22FN7O2. The molecule has 1 saturated carbocycles. The first kappa shape index (κ1) is 19.3. The van der Waals surface area contributed by atoms with Gasteiger partial charge in [-0.25, -0.2) is 4.98 Å². The van der Waals surface area contributed by atoms with Crippen LogP contribution in [-0.4, -0.2) is 48.9 Å². The molecule has 0 bridgehead atoms. The van der Waals surface area contributed by atoms with E-state index in [-0.39, 0.29) is 17.5 Å². The number of anilines is 1. The number of pyridine rings is 1. The molecule has 4 heterocycles. The van der Waals surface area contributed by atoms with Gasteiger partial charge in [0.25, 0.3) is 0 Å². The average molecular weight is 423 g/mol. The number of aromatic nitrogens is 5. The molecule has 1 aliphatic carbocycles. The van der Waals surface area contributed by atoms with Gasteiger partial charge in [-0.3, -0.25) is 9.20 Å². The van der Waals surface area contributed by atoms with Gasteiger partial charge in [-0.15, -0.1) is 0 Å². The highest BCUT2D eigenvalue weighted by Crippen LogP contribution is 2.37. The summed E-state index contributed by atoms with van der Waals surface area (Å²) in [6.45, 7) is 3.55. The number of aromatic amines is 1. The van der Waals surface area contributed by atoms with Crippen LogP contribution < -0.4 is 15.4 Å². The van der Waals surface area contributed by atoms with Crippen molar-refractivity contribution in [2.45, 2.75) is 38.3 Å². The first-order chi connectivity index (χ1) is 14.8. The van der Waals surface area contributed by atoms with E-state index in [2.05, 4.69) is 30.6 Å². The summed E-state index contributed by atoms with van der Waals surface area (Å²) >= 11 is 0. The summed E-state index contributed by atoms with van der Waals surface area (Å²) in [6, 6.07) is 3.77. The molecule has 4 aromatic heterocycles. The van der Waals surface area contributed by atoms with Gasteiger partial charge in [-0.05, 0) is 31.9 Å². The number of nitrogens with one attached hydrogen (secondary N) is 3. The number of ether oxygens (including phenoxy) is 1. The van der Waals surface area contributed by atoms with E-state index in [0.29, 0.717) is 28.5 Å². The summed E-state index contributed by atoms with van der Waals surface area (Å²) < 4.78 is 20.9. The zero-order chi connectivity index (χ0) is 21.8. The molecule has 0 radical (unpaired) electrons. The van der Waals surface area contributed by atoms with E-state index in [1.54, 1.807) is 25.6 Å². The van der Waals surface area contributed by atoms with E-state index < -0.39 is 5.95 Å². The first-order valence-electron chi connectivity index (χ1n) is 9.96. The maximum absolute atomic E-state index is 14.0. The van der Waals surface area contributed by atoms with E-state index in [0.717, 1.165) is 24.0 Å². The Bertz CT molecular complexity index is 1310. The topological polar surface area (TPSA) is 109 Å². The Morgan fingerprint density at radius 3 is 2.90 bits per heavy atom. The summed E-state index contributed by atoms with van der Waals surface area (Å²) in [4.78, 5) is 27.6. The van der Waals surface area contributed by atoms with Gasteiger partial charge in [-0.2, -0.15) is 14.4 Å². The lowest BCUT2D eigenvalue weighted by atomic mass is 9.74. The number of halogens is 1. The molecule has 0 spiro atoms. The zero-order valence-electron chi connectivity index (χ0n) is 17.4. The van der Waals surface area contributed by atoms with Crippen LogP contribution in [0.4, 0.5) is 10.3 Å². The largest absolute Gasteiger partial charge is 0.480 e. The molecule has 0 aromatic carbocycles. The summed E-state index contributed by atoms with van der Waals surface area (Å²) in [5.74, 6) is 0.397. The number of rotatable bonds is 5. The van der Waals surface area contributed by atoms with Gasteiger partial charge in [0.2, 0.25) is 23.7 Å². The Morgan fingerprint density at radius 1 is 1.35 bits per heavy atom. The molecule has 1 fully saturated rings. The van der Waals surface area contributed by atoms with Crippen LogP contribution in [0.1, 0.15) is 26.7 Å². The predicted molar refractivity (Wildman–Crippen MR) is 113 cm³/mol. The van der Waals surface area contributed by atoms with Crippen LogP contribution >= 0.6 is 0 Å².